The van der Waals surface area contributed by atoms with Crippen molar-refractivity contribution in [2.24, 2.45) is 16.6 Å². The summed E-state index contributed by atoms with van der Waals surface area (Å²) in [7, 11) is 0. The molecule has 1 aliphatic heterocycles. The zero-order valence-electron chi connectivity index (χ0n) is 7.92. The third kappa shape index (κ3) is 3.05. The maximum absolute atomic E-state index is 5.79. The van der Waals surface area contributed by atoms with Crippen LogP contribution in [-0.4, -0.2) is 23.4 Å². The molecule has 0 radical (unpaired) electrons. The minimum atomic E-state index is 0.400. The molecule has 1 heterocycles. The zero-order chi connectivity index (χ0) is 8.97. The fourth-order valence-corrected chi connectivity index (χ4v) is 2.24. The van der Waals surface area contributed by atoms with Gasteiger partial charge >= 0.3 is 0 Å². The highest BCUT2D eigenvalue weighted by molar-refractivity contribution is 7.99. The Morgan fingerprint density at radius 3 is 2.83 bits per heavy atom. The molecule has 0 bridgehead atoms. The molecule has 1 fully saturated rings. The molecule has 1 atom stereocenters. The van der Waals surface area contributed by atoms with Gasteiger partial charge in [-0.3, -0.25) is 4.99 Å². The summed E-state index contributed by atoms with van der Waals surface area (Å²) in [4.78, 5) is 4.51. The van der Waals surface area contributed by atoms with Crippen molar-refractivity contribution in [2.45, 2.75) is 32.7 Å². The lowest BCUT2D eigenvalue weighted by atomic mass is 10.1. The van der Waals surface area contributed by atoms with Gasteiger partial charge in [-0.05, 0) is 18.6 Å². The molecule has 0 saturated carbocycles. The Hall–Kier alpha value is -0.180. The van der Waals surface area contributed by atoms with E-state index in [1.165, 1.54) is 18.6 Å². The summed E-state index contributed by atoms with van der Waals surface area (Å²) in [5, 5.41) is 0. The number of hydrogen-bond acceptors (Lipinski definition) is 2. The van der Waals surface area contributed by atoms with E-state index in [2.05, 4.69) is 18.8 Å². The summed E-state index contributed by atoms with van der Waals surface area (Å²) in [6.45, 7) is 4.18. The van der Waals surface area contributed by atoms with Crippen LogP contribution < -0.4 is 5.73 Å². The molecule has 3 heteroatoms. The Morgan fingerprint density at radius 1 is 1.58 bits per heavy atom. The zero-order valence-corrected chi connectivity index (χ0v) is 8.73. The van der Waals surface area contributed by atoms with Crippen LogP contribution >= 0.6 is 11.8 Å². The molecule has 0 aromatic heterocycles. The van der Waals surface area contributed by atoms with Gasteiger partial charge in [-0.25, -0.2) is 0 Å². The molecule has 0 spiro atoms. The van der Waals surface area contributed by atoms with E-state index in [1.54, 1.807) is 0 Å². The van der Waals surface area contributed by atoms with Crippen molar-refractivity contribution < 1.29 is 0 Å². The van der Waals surface area contributed by atoms with Crippen molar-refractivity contribution in [1.82, 2.24) is 0 Å². The van der Waals surface area contributed by atoms with Gasteiger partial charge in [0.1, 0.15) is 0 Å². The molecule has 0 aliphatic carbocycles. The first-order chi connectivity index (χ1) is 5.70. The number of nitrogens with two attached hydrogens (primary N) is 1. The average molecular weight is 186 g/mol. The first-order valence-electron chi connectivity index (χ1n) is 4.61. The lowest BCUT2D eigenvalue weighted by Crippen LogP contribution is -2.24. The number of amidine groups is 1. The summed E-state index contributed by atoms with van der Waals surface area (Å²) >= 11 is 1.99. The van der Waals surface area contributed by atoms with Crippen LogP contribution in [0.5, 0.6) is 0 Å². The summed E-state index contributed by atoms with van der Waals surface area (Å²) in [5.41, 5.74) is 5.79. The second-order valence-electron chi connectivity index (χ2n) is 3.58. The fourth-order valence-electron chi connectivity index (χ4n) is 1.19. The highest BCUT2D eigenvalue weighted by atomic mass is 32.2. The van der Waals surface area contributed by atoms with E-state index in [4.69, 9.17) is 5.73 Å². The molecule has 0 aromatic rings. The standard InChI is InChI=1S/C9H18N2S/c1-7(2)9(10)11-8-4-3-5-12-6-8/h7-8H,3-6H2,1-2H3,(H2,10,11). The van der Waals surface area contributed by atoms with Crippen molar-refractivity contribution in [3.05, 3.63) is 0 Å². The second kappa shape index (κ2) is 4.75. The van der Waals surface area contributed by atoms with Gasteiger partial charge in [0.05, 0.1) is 11.9 Å². The molecule has 1 rings (SSSR count). The summed E-state index contributed by atoms with van der Waals surface area (Å²) in [6.07, 6.45) is 2.52. The predicted octanol–water partition coefficient (Wildman–Crippen LogP) is 1.90. The Morgan fingerprint density at radius 2 is 2.33 bits per heavy atom. The van der Waals surface area contributed by atoms with E-state index in [9.17, 15) is 0 Å². The van der Waals surface area contributed by atoms with Crippen LogP contribution in [-0.2, 0) is 0 Å². The quantitative estimate of drug-likeness (QED) is 0.528. The molecule has 0 aromatic carbocycles. The molecular weight excluding hydrogens is 168 g/mol. The topological polar surface area (TPSA) is 38.4 Å². The van der Waals surface area contributed by atoms with E-state index in [0.29, 0.717) is 12.0 Å². The lowest BCUT2D eigenvalue weighted by molar-refractivity contribution is 0.643. The van der Waals surface area contributed by atoms with Gasteiger partial charge in [-0.1, -0.05) is 13.8 Å². The minimum absolute atomic E-state index is 0.400. The van der Waals surface area contributed by atoms with Crippen LogP contribution in [0, 0.1) is 5.92 Å². The van der Waals surface area contributed by atoms with Gasteiger partial charge in [0.15, 0.2) is 0 Å². The van der Waals surface area contributed by atoms with Crippen molar-refractivity contribution in [3.63, 3.8) is 0 Å². The van der Waals surface area contributed by atoms with Crippen LogP contribution in [0.2, 0.25) is 0 Å². The van der Waals surface area contributed by atoms with Crippen LogP contribution in [0.25, 0.3) is 0 Å². The van der Waals surface area contributed by atoms with Gasteiger partial charge in [0.25, 0.3) is 0 Å². The van der Waals surface area contributed by atoms with Gasteiger partial charge in [-0.2, -0.15) is 11.8 Å². The SMILES string of the molecule is CC(C)C(N)=NC1CCCSC1. The average Bonchev–Trinajstić information content (AvgIpc) is 2.06. The maximum atomic E-state index is 5.79. The molecule has 2 N–H and O–H groups in total. The monoisotopic (exact) mass is 186 g/mol. The predicted molar refractivity (Wildman–Crippen MR) is 56.8 cm³/mol. The van der Waals surface area contributed by atoms with Gasteiger partial charge in [0, 0.05) is 11.7 Å². The molecule has 0 amide bonds. The summed E-state index contributed by atoms with van der Waals surface area (Å²) in [6, 6.07) is 0.492. The number of aliphatic imine (C=N–C) groups is 1. The highest BCUT2D eigenvalue weighted by Gasteiger charge is 2.13. The molecule has 1 aliphatic rings. The maximum Gasteiger partial charge on any atom is 0.0966 e. The van der Waals surface area contributed by atoms with Crippen LogP contribution in [0.3, 0.4) is 0 Å². The van der Waals surface area contributed by atoms with Crippen molar-refractivity contribution in [2.75, 3.05) is 11.5 Å². The molecule has 70 valence electrons. The third-order valence-corrected chi connectivity index (χ3v) is 3.26. The Labute approximate surface area is 79.0 Å². The highest BCUT2D eigenvalue weighted by Crippen LogP contribution is 2.19. The van der Waals surface area contributed by atoms with Crippen LogP contribution in [0.1, 0.15) is 26.7 Å². The number of nitrogens with zero attached hydrogens (tertiary/aromatic N) is 1. The first-order valence-corrected chi connectivity index (χ1v) is 5.76. The normalized spacial score (nSPS) is 26.2. The minimum Gasteiger partial charge on any atom is -0.387 e. The van der Waals surface area contributed by atoms with Crippen molar-refractivity contribution in [3.8, 4) is 0 Å². The summed E-state index contributed by atoms with van der Waals surface area (Å²) in [5.74, 6) is 3.68. The van der Waals surface area contributed by atoms with E-state index in [0.717, 1.165) is 11.6 Å². The van der Waals surface area contributed by atoms with Crippen molar-refractivity contribution >= 4 is 17.6 Å². The lowest BCUT2D eigenvalue weighted by Gasteiger charge is -2.18. The van der Waals surface area contributed by atoms with E-state index in [-0.39, 0.29) is 0 Å². The smallest absolute Gasteiger partial charge is 0.0966 e. The molecule has 12 heavy (non-hydrogen) atoms. The van der Waals surface area contributed by atoms with Gasteiger partial charge < -0.3 is 5.73 Å². The van der Waals surface area contributed by atoms with Gasteiger partial charge in [-0.15, -0.1) is 0 Å². The molecule has 2 nitrogen and oxygen atoms in total. The fraction of sp³-hybridized carbons (Fsp3) is 0.889. The Balaban J connectivity index is 2.41. The molecule has 1 unspecified atom stereocenters. The molecular formula is C9H18N2S. The Bertz CT molecular complexity index is 160. The molecule has 1 saturated heterocycles. The van der Waals surface area contributed by atoms with Gasteiger partial charge in [0.2, 0.25) is 0 Å². The third-order valence-electron chi connectivity index (χ3n) is 2.06. The van der Waals surface area contributed by atoms with E-state index < -0.39 is 0 Å². The number of hydrogen-bond donors (Lipinski definition) is 1. The first kappa shape index (κ1) is 9.90. The Kier molecular flexibility index (Phi) is 3.92. The van der Waals surface area contributed by atoms with Crippen molar-refractivity contribution in [1.29, 1.82) is 0 Å². The van der Waals surface area contributed by atoms with Crippen LogP contribution in [0.15, 0.2) is 4.99 Å². The van der Waals surface area contributed by atoms with Crippen LogP contribution in [0.4, 0.5) is 0 Å². The largest absolute Gasteiger partial charge is 0.387 e. The van der Waals surface area contributed by atoms with E-state index >= 15 is 0 Å². The second-order valence-corrected chi connectivity index (χ2v) is 4.73. The number of rotatable bonds is 2. The van der Waals surface area contributed by atoms with E-state index in [1.807, 2.05) is 11.8 Å². The number of thioether (sulfide) groups is 1. The summed E-state index contributed by atoms with van der Waals surface area (Å²) < 4.78 is 0.